The van der Waals surface area contributed by atoms with Crippen molar-refractivity contribution in [2.24, 2.45) is 11.8 Å². The first-order valence-corrected chi connectivity index (χ1v) is 5.87. The Balaban J connectivity index is 2.10. The van der Waals surface area contributed by atoms with Crippen molar-refractivity contribution >= 4 is 5.91 Å². The number of hydrogen-bond donors (Lipinski definition) is 0. The number of hydrogen-bond acceptors (Lipinski definition) is 2. The summed E-state index contributed by atoms with van der Waals surface area (Å²) in [6.07, 6.45) is 2.88. The molecule has 0 N–H and O–H groups in total. The molecule has 1 aromatic heterocycles. The lowest BCUT2D eigenvalue weighted by molar-refractivity contribution is 0.0617. The molecule has 2 heterocycles. The Morgan fingerprint density at radius 1 is 1.31 bits per heavy atom. The summed E-state index contributed by atoms with van der Waals surface area (Å²) in [5, 5.41) is 0. The molecule has 0 spiro atoms. The van der Waals surface area contributed by atoms with Gasteiger partial charge in [-0.15, -0.1) is 0 Å². The Morgan fingerprint density at radius 2 is 2.00 bits per heavy atom. The number of aromatic nitrogens is 1. The summed E-state index contributed by atoms with van der Waals surface area (Å²) < 4.78 is 0. The smallest absolute Gasteiger partial charge is 0.272 e. The molecule has 2 atom stereocenters. The van der Waals surface area contributed by atoms with Crippen LogP contribution in [0.15, 0.2) is 24.4 Å². The fourth-order valence-electron chi connectivity index (χ4n) is 2.48. The second-order valence-corrected chi connectivity index (χ2v) is 4.87. The predicted molar refractivity (Wildman–Crippen MR) is 63.1 cm³/mol. The van der Waals surface area contributed by atoms with Crippen molar-refractivity contribution in [1.82, 2.24) is 9.88 Å². The Hall–Kier alpha value is -1.38. The van der Waals surface area contributed by atoms with Gasteiger partial charge in [-0.05, 0) is 30.4 Å². The average Bonchev–Trinajstić information content (AvgIpc) is 2.28. The zero-order chi connectivity index (χ0) is 11.5. The molecule has 16 heavy (non-hydrogen) atoms. The molecular weight excluding hydrogens is 200 g/mol. The summed E-state index contributed by atoms with van der Waals surface area (Å²) in [4.78, 5) is 18.2. The molecule has 0 radical (unpaired) electrons. The van der Waals surface area contributed by atoms with Crippen LogP contribution in [0.4, 0.5) is 0 Å². The highest BCUT2D eigenvalue weighted by atomic mass is 16.2. The summed E-state index contributed by atoms with van der Waals surface area (Å²) in [7, 11) is 0. The third-order valence-electron chi connectivity index (χ3n) is 3.04. The highest BCUT2D eigenvalue weighted by Gasteiger charge is 2.26. The van der Waals surface area contributed by atoms with Crippen LogP contribution in [0.25, 0.3) is 0 Å². The normalized spacial score (nSPS) is 25.5. The number of likely N-dealkylation sites (tertiary alicyclic amines) is 1. The van der Waals surface area contributed by atoms with Gasteiger partial charge < -0.3 is 4.90 Å². The number of carbonyl (C=O) groups is 1. The van der Waals surface area contributed by atoms with E-state index in [0.29, 0.717) is 17.5 Å². The molecule has 1 amide bonds. The van der Waals surface area contributed by atoms with E-state index in [1.165, 1.54) is 6.42 Å². The fraction of sp³-hybridized carbons (Fsp3) is 0.538. The first-order chi connectivity index (χ1) is 7.66. The average molecular weight is 218 g/mol. The van der Waals surface area contributed by atoms with E-state index in [9.17, 15) is 4.79 Å². The van der Waals surface area contributed by atoms with Crippen molar-refractivity contribution in [2.45, 2.75) is 20.3 Å². The summed E-state index contributed by atoms with van der Waals surface area (Å²) in [5.74, 6) is 1.26. The van der Waals surface area contributed by atoms with Gasteiger partial charge in [-0.25, -0.2) is 0 Å². The van der Waals surface area contributed by atoms with Gasteiger partial charge in [0.25, 0.3) is 5.91 Å². The van der Waals surface area contributed by atoms with Gasteiger partial charge in [-0.1, -0.05) is 19.9 Å². The second kappa shape index (κ2) is 4.64. The van der Waals surface area contributed by atoms with Gasteiger partial charge in [0, 0.05) is 19.3 Å². The number of carbonyl (C=O) groups excluding carboxylic acids is 1. The fourth-order valence-corrected chi connectivity index (χ4v) is 2.48. The van der Waals surface area contributed by atoms with Crippen LogP contribution in [-0.4, -0.2) is 28.9 Å². The van der Waals surface area contributed by atoms with E-state index in [1.807, 2.05) is 17.0 Å². The summed E-state index contributed by atoms with van der Waals surface area (Å²) >= 11 is 0. The minimum absolute atomic E-state index is 0.0685. The Bertz CT molecular complexity index is 353. The van der Waals surface area contributed by atoms with Gasteiger partial charge in [-0.2, -0.15) is 0 Å². The third kappa shape index (κ3) is 2.40. The lowest BCUT2D eigenvalue weighted by Crippen LogP contribution is -2.42. The highest BCUT2D eigenvalue weighted by Crippen LogP contribution is 2.21. The monoisotopic (exact) mass is 218 g/mol. The minimum Gasteiger partial charge on any atom is -0.337 e. The van der Waals surface area contributed by atoms with Gasteiger partial charge in [-0.3, -0.25) is 9.78 Å². The van der Waals surface area contributed by atoms with Crippen LogP contribution in [0.5, 0.6) is 0 Å². The van der Waals surface area contributed by atoms with Crippen molar-refractivity contribution in [2.75, 3.05) is 13.1 Å². The van der Waals surface area contributed by atoms with Gasteiger partial charge in [0.2, 0.25) is 0 Å². The molecule has 0 saturated carbocycles. The Morgan fingerprint density at radius 3 is 2.56 bits per heavy atom. The standard InChI is InChI=1S/C13H18N2O/c1-10-7-11(2)9-15(8-10)13(16)12-5-3-4-6-14-12/h3-6,10-11H,7-9H2,1-2H3. The molecule has 0 aromatic carbocycles. The van der Waals surface area contributed by atoms with Crippen LogP contribution in [0.2, 0.25) is 0 Å². The quantitative estimate of drug-likeness (QED) is 0.724. The van der Waals surface area contributed by atoms with E-state index < -0.39 is 0 Å². The SMILES string of the molecule is CC1CC(C)CN(C(=O)c2ccccn2)C1. The molecule has 0 bridgehead atoms. The minimum atomic E-state index is 0.0685. The molecule has 2 unspecified atom stereocenters. The molecule has 3 heteroatoms. The lowest BCUT2D eigenvalue weighted by atomic mass is 9.92. The molecule has 3 nitrogen and oxygen atoms in total. The Labute approximate surface area is 96.5 Å². The molecule has 86 valence electrons. The van der Waals surface area contributed by atoms with E-state index >= 15 is 0 Å². The van der Waals surface area contributed by atoms with Crippen LogP contribution >= 0.6 is 0 Å². The van der Waals surface area contributed by atoms with E-state index in [2.05, 4.69) is 18.8 Å². The van der Waals surface area contributed by atoms with Crippen LogP contribution in [-0.2, 0) is 0 Å². The van der Waals surface area contributed by atoms with Gasteiger partial charge in [0.05, 0.1) is 0 Å². The van der Waals surface area contributed by atoms with Crippen LogP contribution < -0.4 is 0 Å². The summed E-state index contributed by atoms with van der Waals surface area (Å²) in [6, 6.07) is 5.47. The van der Waals surface area contributed by atoms with Crippen LogP contribution in [0, 0.1) is 11.8 Å². The number of nitrogens with zero attached hydrogens (tertiary/aromatic N) is 2. The number of piperidine rings is 1. The molecule has 1 fully saturated rings. The third-order valence-corrected chi connectivity index (χ3v) is 3.04. The van der Waals surface area contributed by atoms with Crippen LogP contribution in [0.3, 0.4) is 0 Å². The number of pyridine rings is 1. The zero-order valence-electron chi connectivity index (χ0n) is 9.89. The highest BCUT2D eigenvalue weighted by molar-refractivity contribution is 5.92. The van der Waals surface area contributed by atoms with Crippen molar-refractivity contribution in [3.05, 3.63) is 30.1 Å². The Kier molecular flexibility index (Phi) is 3.22. The van der Waals surface area contributed by atoms with E-state index in [-0.39, 0.29) is 5.91 Å². The van der Waals surface area contributed by atoms with Crippen LogP contribution in [0.1, 0.15) is 30.8 Å². The maximum absolute atomic E-state index is 12.2. The molecule has 0 aliphatic carbocycles. The van der Waals surface area contributed by atoms with Crippen molar-refractivity contribution in [3.8, 4) is 0 Å². The molecule has 1 aliphatic heterocycles. The summed E-state index contributed by atoms with van der Waals surface area (Å²) in [5.41, 5.74) is 0.559. The maximum atomic E-state index is 12.2. The topological polar surface area (TPSA) is 33.2 Å². The molecule has 1 saturated heterocycles. The molecule has 1 aliphatic rings. The zero-order valence-corrected chi connectivity index (χ0v) is 9.89. The number of amides is 1. The first kappa shape index (κ1) is 11.1. The predicted octanol–water partition coefficient (Wildman–Crippen LogP) is 2.20. The maximum Gasteiger partial charge on any atom is 0.272 e. The first-order valence-electron chi connectivity index (χ1n) is 5.87. The van der Waals surface area contributed by atoms with E-state index in [4.69, 9.17) is 0 Å². The molecular formula is C13H18N2O. The molecule has 1 aromatic rings. The van der Waals surface area contributed by atoms with E-state index in [1.54, 1.807) is 12.3 Å². The van der Waals surface area contributed by atoms with Crippen molar-refractivity contribution in [1.29, 1.82) is 0 Å². The van der Waals surface area contributed by atoms with Gasteiger partial charge in [0.1, 0.15) is 5.69 Å². The van der Waals surface area contributed by atoms with E-state index in [0.717, 1.165) is 13.1 Å². The summed E-state index contributed by atoms with van der Waals surface area (Å²) in [6.45, 7) is 6.13. The largest absolute Gasteiger partial charge is 0.337 e. The van der Waals surface area contributed by atoms with Crippen molar-refractivity contribution < 1.29 is 4.79 Å². The molecule has 2 rings (SSSR count). The lowest BCUT2D eigenvalue weighted by Gasteiger charge is -2.34. The second-order valence-electron chi connectivity index (χ2n) is 4.87. The van der Waals surface area contributed by atoms with Gasteiger partial charge in [0.15, 0.2) is 0 Å². The van der Waals surface area contributed by atoms with Crippen molar-refractivity contribution in [3.63, 3.8) is 0 Å². The van der Waals surface area contributed by atoms with Gasteiger partial charge >= 0.3 is 0 Å². The number of rotatable bonds is 1.